The summed E-state index contributed by atoms with van der Waals surface area (Å²) in [7, 11) is 0. The highest BCUT2D eigenvalue weighted by Gasteiger charge is 2.49. The van der Waals surface area contributed by atoms with Crippen LogP contribution in [-0.2, 0) is 0 Å². The number of rotatable bonds is 8. The van der Waals surface area contributed by atoms with Crippen LogP contribution in [0.5, 0.6) is 0 Å². The van der Waals surface area contributed by atoms with Crippen molar-refractivity contribution in [2.45, 2.75) is 0 Å². The van der Waals surface area contributed by atoms with E-state index in [-0.39, 0.29) is 26.9 Å². The van der Waals surface area contributed by atoms with Gasteiger partial charge in [0.1, 0.15) is 0 Å². The first kappa shape index (κ1) is 38.5. The number of fused-ring (bicyclic) bond motifs is 6. The second kappa shape index (κ2) is 15.9. The van der Waals surface area contributed by atoms with E-state index >= 15 is 0 Å². The summed E-state index contributed by atoms with van der Waals surface area (Å²) in [6.45, 7) is 0.479. The minimum atomic E-state index is 0.101. The molecule has 0 fully saturated rings. The zero-order chi connectivity index (χ0) is 43.6. The van der Waals surface area contributed by atoms with Crippen molar-refractivity contribution in [3.05, 3.63) is 255 Å². The quantitative estimate of drug-likeness (QED) is 0.184. The van der Waals surface area contributed by atoms with Crippen LogP contribution in [0.2, 0.25) is 0 Å². The molecule has 0 amide bonds. The number of hydrogen-bond donors (Lipinski definition) is 0. The van der Waals surface area contributed by atoms with Crippen LogP contribution >= 0.6 is 0 Å². The van der Waals surface area contributed by atoms with Crippen molar-refractivity contribution in [3.8, 4) is 0 Å². The van der Waals surface area contributed by atoms with Gasteiger partial charge in [-0.3, -0.25) is 0 Å². The van der Waals surface area contributed by atoms with E-state index in [1.54, 1.807) is 0 Å². The lowest BCUT2D eigenvalue weighted by Gasteiger charge is -2.43. The lowest BCUT2D eigenvalue weighted by Crippen LogP contribution is -2.89. The van der Waals surface area contributed by atoms with Crippen LogP contribution in [0.15, 0.2) is 255 Å². The molecule has 0 unspecified atom stereocenters. The number of benzene rings is 10. The molecular weight excluding hydrogens is 792 g/mol. The van der Waals surface area contributed by atoms with E-state index in [4.69, 9.17) is 0 Å². The summed E-state index contributed by atoms with van der Waals surface area (Å²) < 4.78 is 0. The molecule has 304 valence electrons. The van der Waals surface area contributed by atoms with Gasteiger partial charge in [0.15, 0.2) is 0 Å². The standard InChI is InChI=1S/C60H42B4N2/c1-5-19-45(20-6-1)65(46-21-7-2-8-22-46)49-39-35-43(36-40-49)61-51-27-13-15-29-53(51)63-58-34-18-32-56-60(58)64(57-33-17-31-55(61)59(57)63)54-30-16-14-28-52(54)62(56)44-37-41-50(42-38-44)66(47-23-9-3-10-24-47)48-25-11-4-12-26-48/h1-42H. The minimum absolute atomic E-state index is 0.101. The Labute approximate surface area is 389 Å². The molecule has 10 aromatic carbocycles. The maximum Gasteiger partial charge on any atom is 0.240 e. The smallest absolute Gasteiger partial charge is 0.240 e. The zero-order valence-electron chi connectivity index (χ0n) is 36.5. The van der Waals surface area contributed by atoms with Gasteiger partial charge in [0, 0.05) is 34.1 Å². The predicted octanol–water partition coefficient (Wildman–Crippen LogP) is 5.63. The predicted molar refractivity (Wildman–Crippen MR) is 287 cm³/mol. The Morgan fingerprint density at radius 3 is 0.712 bits per heavy atom. The molecule has 13 rings (SSSR count). The number of hydrogen-bond acceptors (Lipinski definition) is 2. The van der Waals surface area contributed by atoms with Gasteiger partial charge in [-0.1, -0.05) is 248 Å². The molecule has 6 heteroatoms. The SMILES string of the molecule is c1ccc(N(c2ccccc2)c2ccc(B3c4ccccc4B4c5cccc6c5B(c5ccccc5B6c5ccc(N(c6ccccc6)c6ccccc6)cc5)c5cccc3c54)cc2)cc1. The molecule has 0 aromatic heterocycles. The van der Waals surface area contributed by atoms with Crippen molar-refractivity contribution < 1.29 is 0 Å². The average Bonchev–Trinajstić information content (AvgIpc) is 3.39. The second-order valence-electron chi connectivity index (χ2n) is 17.9. The molecule has 3 aliphatic heterocycles. The summed E-state index contributed by atoms with van der Waals surface area (Å²) in [6.07, 6.45) is 0. The topological polar surface area (TPSA) is 6.48 Å². The molecule has 3 aliphatic rings. The fourth-order valence-electron chi connectivity index (χ4n) is 11.8. The number of anilines is 6. The molecular formula is C60H42B4N2. The van der Waals surface area contributed by atoms with Crippen molar-refractivity contribution >= 4 is 127 Å². The highest BCUT2D eigenvalue weighted by molar-refractivity contribution is 7.21. The van der Waals surface area contributed by atoms with E-state index in [9.17, 15) is 0 Å². The van der Waals surface area contributed by atoms with Gasteiger partial charge in [0.2, 0.25) is 26.9 Å². The van der Waals surface area contributed by atoms with Crippen LogP contribution in [0, 0.1) is 0 Å². The van der Waals surface area contributed by atoms with Crippen LogP contribution in [0.3, 0.4) is 0 Å². The van der Waals surface area contributed by atoms with Crippen LogP contribution in [-0.4, -0.2) is 26.9 Å². The zero-order valence-corrected chi connectivity index (χ0v) is 36.5. The molecule has 0 atom stereocenters. The van der Waals surface area contributed by atoms with Gasteiger partial charge in [-0.05, 0) is 72.8 Å². The fraction of sp³-hybridized carbons (Fsp3) is 0. The van der Waals surface area contributed by atoms with Crippen LogP contribution in [0.4, 0.5) is 34.1 Å². The second-order valence-corrected chi connectivity index (χ2v) is 17.9. The van der Waals surface area contributed by atoms with Crippen LogP contribution in [0.25, 0.3) is 0 Å². The summed E-state index contributed by atoms with van der Waals surface area (Å²) in [5, 5.41) is 0. The third-order valence-corrected chi connectivity index (χ3v) is 14.4. The molecule has 0 N–H and O–H groups in total. The molecule has 0 bridgehead atoms. The van der Waals surface area contributed by atoms with Crippen molar-refractivity contribution in [2.24, 2.45) is 0 Å². The van der Waals surface area contributed by atoms with Crippen molar-refractivity contribution in [1.82, 2.24) is 0 Å². The van der Waals surface area contributed by atoms with E-state index in [0.29, 0.717) is 0 Å². The monoisotopic (exact) mass is 834 g/mol. The molecule has 0 saturated heterocycles. The fourth-order valence-corrected chi connectivity index (χ4v) is 11.8. The summed E-state index contributed by atoms with van der Waals surface area (Å²) in [6, 6.07) is 94.4. The highest BCUT2D eigenvalue weighted by Crippen LogP contribution is 2.35. The Balaban J connectivity index is 0.934. The minimum Gasteiger partial charge on any atom is -0.311 e. The average molecular weight is 834 g/mol. The lowest BCUT2D eigenvalue weighted by atomic mass is 9.11. The van der Waals surface area contributed by atoms with E-state index in [0.717, 1.165) is 34.1 Å². The van der Waals surface area contributed by atoms with Gasteiger partial charge in [-0.15, -0.1) is 0 Å². The third kappa shape index (κ3) is 6.16. The first-order valence-electron chi connectivity index (χ1n) is 23.2. The van der Waals surface area contributed by atoms with Gasteiger partial charge in [-0.25, -0.2) is 0 Å². The largest absolute Gasteiger partial charge is 0.311 e. The lowest BCUT2D eigenvalue weighted by molar-refractivity contribution is 1.28. The molecule has 0 aliphatic carbocycles. The summed E-state index contributed by atoms with van der Waals surface area (Å²) in [5.41, 5.74) is 23.7. The Morgan fingerprint density at radius 2 is 0.409 bits per heavy atom. The van der Waals surface area contributed by atoms with E-state index < -0.39 is 0 Å². The molecule has 2 nitrogen and oxygen atoms in total. The maximum atomic E-state index is 2.44. The Hall–Kier alpha value is -7.94. The Morgan fingerprint density at radius 1 is 0.182 bits per heavy atom. The molecule has 66 heavy (non-hydrogen) atoms. The van der Waals surface area contributed by atoms with E-state index in [1.165, 1.54) is 65.6 Å². The summed E-state index contributed by atoms with van der Waals surface area (Å²) >= 11 is 0. The molecule has 0 radical (unpaired) electrons. The molecule has 0 spiro atoms. The Bertz CT molecular complexity index is 3080. The molecule has 3 heterocycles. The number of para-hydroxylation sites is 4. The molecule has 10 aromatic rings. The van der Waals surface area contributed by atoms with E-state index in [1.807, 2.05) is 0 Å². The van der Waals surface area contributed by atoms with Crippen molar-refractivity contribution in [2.75, 3.05) is 9.80 Å². The normalized spacial score (nSPS) is 12.7. The summed E-state index contributed by atoms with van der Waals surface area (Å²) in [4.78, 5) is 4.69. The van der Waals surface area contributed by atoms with Gasteiger partial charge in [0.05, 0.1) is 0 Å². The van der Waals surface area contributed by atoms with Crippen LogP contribution in [0.1, 0.15) is 0 Å². The van der Waals surface area contributed by atoms with Crippen LogP contribution < -0.4 is 75.4 Å². The van der Waals surface area contributed by atoms with E-state index in [2.05, 4.69) is 265 Å². The first-order valence-corrected chi connectivity index (χ1v) is 23.2. The van der Waals surface area contributed by atoms with Gasteiger partial charge >= 0.3 is 0 Å². The van der Waals surface area contributed by atoms with Crippen molar-refractivity contribution in [3.63, 3.8) is 0 Å². The molecule has 0 saturated carbocycles. The van der Waals surface area contributed by atoms with Gasteiger partial charge in [-0.2, -0.15) is 0 Å². The Kier molecular flexibility index (Phi) is 9.30. The number of nitrogens with zero attached hydrogens (tertiary/aromatic N) is 2. The maximum absolute atomic E-state index is 2.44. The van der Waals surface area contributed by atoms with Gasteiger partial charge < -0.3 is 9.80 Å². The first-order chi connectivity index (χ1) is 32.8. The summed E-state index contributed by atoms with van der Waals surface area (Å²) in [5.74, 6) is 0. The van der Waals surface area contributed by atoms with Crippen molar-refractivity contribution in [1.29, 1.82) is 0 Å². The third-order valence-electron chi connectivity index (χ3n) is 14.4. The van der Waals surface area contributed by atoms with Gasteiger partial charge in [0.25, 0.3) is 0 Å². The highest BCUT2D eigenvalue weighted by atomic mass is 15.1.